The van der Waals surface area contributed by atoms with E-state index in [1.807, 2.05) is 6.07 Å². The Bertz CT molecular complexity index is 881. The van der Waals surface area contributed by atoms with Gasteiger partial charge >= 0.3 is 0 Å². The van der Waals surface area contributed by atoms with Crippen molar-refractivity contribution in [2.45, 2.75) is 0 Å². The second kappa shape index (κ2) is 4.80. The molecule has 0 unspecified atom stereocenters. The van der Waals surface area contributed by atoms with Gasteiger partial charge < -0.3 is 14.2 Å². The van der Waals surface area contributed by atoms with Crippen molar-refractivity contribution in [2.24, 2.45) is 0 Å². The molecule has 104 valence electrons. The van der Waals surface area contributed by atoms with Gasteiger partial charge in [0.2, 0.25) is 0 Å². The van der Waals surface area contributed by atoms with Crippen molar-refractivity contribution in [1.82, 2.24) is 4.40 Å². The average molecular weight is 286 g/mol. The topological polar surface area (TPSA) is 57.7 Å². The molecular formula is C15H8F2N2O2. The summed E-state index contributed by atoms with van der Waals surface area (Å²) < 4.78 is 33.3. The van der Waals surface area contributed by atoms with Crippen molar-refractivity contribution >= 4 is 5.52 Å². The summed E-state index contributed by atoms with van der Waals surface area (Å²) in [5.41, 5.74) is 0.999. The quantitative estimate of drug-likeness (QED) is 0.783. The van der Waals surface area contributed by atoms with Crippen molar-refractivity contribution in [3.63, 3.8) is 0 Å². The molecule has 0 aliphatic rings. The van der Waals surface area contributed by atoms with Crippen LogP contribution < -0.4 is 4.74 Å². The number of nitriles is 1. The summed E-state index contributed by atoms with van der Waals surface area (Å²) in [7, 11) is 0. The Morgan fingerprint density at radius 1 is 1.14 bits per heavy atom. The number of phenolic OH excluding ortho intramolecular Hbond substituents is 1. The zero-order valence-corrected chi connectivity index (χ0v) is 10.5. The highest BCUT2D eigenvalue weighted by Crippen LogP contribution is 2.34. The number of fused-ring (bicyclic) bond motifs is 1. The summed E-state index contributed by atoms with van der Waals surface area (Å²) in [6.07, 6.45) is 3.32. The monoisotopic (exact) mass is 286 g/mol. The number of aromatic nitrogens is 1. The molecule has 0 aliphatic heterocycles. The molecule has 1 N–H and O–H groups in total. The van der Waals surface area contributed by atoms with E-state index in [-0.39, 0.29) is 5.75 Å². The Morgan fingerprint density at radius 3 is 2.67 bits per heavy atom. The number of hydrogen-bond donors (Lipinski definition) is 1. The van der Waals surface area contributed by atoms with Crippen LogP contribution in [0.2, 0.25) is 0 Å². The Labute approximate surface area is 118 Å². The minimum absolute atomic E-state index is 0.207. The van der Waals surface area contributed by atoms with Crippen LogP contribution in [0.5, 0.6) is 17.2 Å². The van der Waals surface area contributed by atoms with Gasteiger partial charge in [-0.1, -0.05) is 0 Å². The molecule has 0 saturated carbocycles. The minimum atomic E-state index is -1.16. The van der Waals surface area contributed by atoms with E-state index in [0.29, 0.717) is 22.9 Å². The first kappa shape index (κ1) is 12.9. The predicted molar refractivity (Wildman–Crippen MR) is 70.2 cm³/mol. The fraction of sp³-hybridized carbons (Fsp3) is 0. The number of hydrogen-bond acceptors (Lipinski definition) is 3. The summed E-state index contributed by atoms with van der Waals surface area (Å²) in [5, 5.41) is 18.5. The lowest BCUT2D eigenvalue weighted by Crippen LogP contribution is -1.91. The average Bonchev–Trinajstić information content (AvgIpc) is 2.89. The molecule has 0 bridgehead atoms. The minimum Gasteiger partial charge on any atom is -0.504 e. The van der Waals surface area contributed by atoms with Crippen molar-refractivity contribution in [3.8, 4) is 23.3 Å². The Balaban J connectivity index is 2.08. The molecule has 0 saturated heterocycles. The van der Waals surface area contributed by atoms with E-state index in [2.05, 4.69) is 0 Å². The first-order valence-electron chi connectivity index (χ1n) is 5.95. The highest BCUT2D eigenvalue weighted by molar-refractivity contribution is 5.65. The molecule has 21 heavy (non-hydrogen) atoms. The molecule has 0 radical (unpaired) electrons. The summed E-state index contributed by atoms with van der Waals surface area (Å²) >= 11 is 0. The van der Waals surface area contributed by atoms with E-state index in [9.17, 15) is 13.9 Å². The summed E-state index contributed by atoms with van der Waals surface area (Å²) in [5.74, 6) is -2.69. The van der Waals surface area contributed by atoms with Crippen LogP contribution in [0.4, 0.5) is 8.78 Å². The molecule has 0 fully saturated rings. The third kappa shape index (κ3) is 2.25. The van der Waals surface area contributed by atoms with Gasteiger partial charge in [-0.05, 0) is 18.2 Å². The molecule has 0 amide bonds. The molecule has 0 spiro atoms. The first-order chi connectivity index (χ1) is 10.1. The molecule has 1 aromatic carbocycles. The number of halogens is 2. The van der Waals surface area contributed by atoms with E-state index < -0.39 is 17.4 Å². The number of benzene rings is 1. The molecule has 3 aromatic rings. The number of aromatic hydroxyl groups is 1. The van der Waals surface area contributed by atoms with Crippen LogP contribution in [0, 0.1) is 23.0 Å². The van der Waals surface area contributed by atoms with E-state index in [1.165, 1.54) is 0 Å². The number of phenols is 1. The van der Waals surface area contributed by atoms with Gasteiger partial charge in [-0.3, -0.25) is 0 Å². The van der Waals surface area contributed by atoms with Crippen LogP contribution in [0.25, 0.3) is 5.52 Å². The van der Waals surface area contributed by atoms with E-state index in [1.54, 1.807) is 35.0 Å². The second-order valence-corrected chi connectivity index (χ2v) is 4.34. The number of ether oxygens (including phenoxy) is 1. The predicted octanol–water partition coefficient (Wildman–Crippen LogP) is 3.59. The van der Waals surface area contributed by atoms with Gasteiger partial charge in [0.1, 0.15) is 6.07 Å². The highest BCUT2D eigenvalue weighted by Gasteiger charge is 2.13. The fourth-order valence-electron chi connectivity index (χ4n) is 1.97. The summed E-state index contributed by atoms with van der Waals surface area (Å²) in [4.78, 5) is 0. The highest BCUT2D eigenvalue weighted by atomic mass is 19.2. The molecule has 0 aliphatic carbocycles. The van der Waals surface area contributed by atoms with Gasteiger partial charge in [0.15, 0.2) is 28.9 Å². The van der Waals surface area contributed by atoms with Crippen LogP contribution in [0.1, 0.15) is 5.56 Å². The van der Waals surface area contributed by atoms with Crippen molar-refractivity contribution in [2.75, 3.05) is 0 Å². The van der Waals surface area contributed by atoms with Crippen molar-refractivity contribution in [3.05, 3.63) is 59.9 Å². The fourth-order valence-corrected chi connectivity index (χ4v) is 1.97. The van der Waals surface area contributed by atoms with Gasteiger partial charge in [0, 0.05) is 24.5 Å². The molecule has 2 heterocycles. The Hall–Kier alpha value is -3.07. The number of pyridine rings is 1. The van der Waals surface area contributed by atoms with Gasteiger partial charge in [-0.2, -0.15) is 5.26 Å². The van der Waals surface area contributed by atoms with Crippen LogP contribution in [0.15, 0.2) is 42.7 Å². The number of nitrogens with zero attached hydrogens (tertiary/aromatic N) is 2. The van der Waals surface area contributed by atoms with Gasteiger partial charge in [-0.25, -0.2) is 8.78 Å². The van der Waals surface area contributed by atoms with Crippen LogP contribution in [-0.4, -0.2) is 9.51 Å². The summed E-state index contributed by atoms with van der Waals surface area (Å²) in [6.45, 7) is 0. The first-order valence-corrected chi connectivity index (χ1v) is 5.95. The third-order valence-electron chi connectivity index (χ3n) is 2.95. The molecule has 2 aromatic heterocycles. The zero-order chi connectivity index (χ0) is 15.0. The maximum Gasteiger partial charge on any atom is 0.172 e. The lowest BCUT2D eigenvalue weighted by Gasteiger charge is -2.09. The van der Waals surface area contributed by atoms with Crippen LogP contribution >= 0.6 is 0 Å². The Morgan fingerprint density at radius 2 is 1.90 bits per heavy atom. The van der Waals surface area contributed by atoms with Gasteiger partial charge in [0.05, 0.1) is 11.1 Å². The van der Waals surface area contributed by atoms with E-state index in [4.69, 9.17) is 10.00 Å². The maximum absolute atomic E-state index is 13.2. The Kier molecular flexibility index (Phi) is 2.95. The zero-order valence-electron chi connectivity index (χ0n) is 10.5. The normalized spacial score (nSPS) is 10.5. The lowest BCUT2D eigenvalue weighted by atomic mass is 10.3. The third-order valence-corrected chi connectivity index (χ3v) is 2.95. The van der Waals surface area contributed by atoms with Gasteiger partial charge in [-0.15, -0.1) is 0 Å². The van der Waals surface area contributed by atoms with Crippen LogP contribution in [0.3, 0.4) is 0 Å². The second-order valence-electron chi connectivity index (χ2n) is 4.34. The SMILES string of the molecule is N#Cc1cc2c(Oc3cc(F)c(F)cc3O)cccn2c1. The van der Waals surface area contributed by atoms with E-state index in [0.717, 1.165) is 6.07 Å². The smallest absolute Gasteiger partial charge is 0.172 e. The molecular weight excluding hydrogens is 278 g/mol. The summed E-state index contributed by atoms with van der Waals surface area (Å²) in [6, 6.07) is 8.26. The van der Waals surface area contributed by atoms with Crippen molar-refractivity contribution < 1.29 is 18.6 Å². The van der Waals surface area contributed by atoms with E-state index >= 15 is 0 Å². The molecule has 4 nitrogen and oxygen atoms in total. The largest absolute Gasteiger partial charge is 0.504 e. The van der Waals surface area contributed by atoms with Crippen LogP contribution in [-0.2, 0) is 0 Å². The van der Waals surface area contributed by atoms with Crippen molar-refractivity contribution in [1.29, 1.82) is 5.26 Å². The lowest BCUT2D eigenvalue weighted by molar-refractivity contribution is 0.398. The molecule has 0 atom stereocenters. The van der Waals surface area contributed by atoms with Gasteiger partial charge in [0.25, 0.3) is 0 Å². The number of rotatable bonds is 2. The molecule has 3 rings (SSSR count). The molecule has 6 heteroatoms. The maximum atomic E-state index is 13.2. The standard InChI is InChI=1S/C15H8F2N2O2/c16-10-5-13(20)15(6-11(10)17)21-14-2-1-3-19-8-9(7-18)4-12(14)19/h1-6,8,20H.